The standard InChI is InChI=1S/C30H30F3N7O2/c1-38-10-12-39(13-11-38)9-3-8-34-30(42)23-17-35-29(36-18-23)21-5-2-4-20(14-21)19-40-27(41)7-6-26(37-40)22-15-24(31)28(33)25(32)16-22/h2,4-7,14-18H,3,8-13,19H2,1H3,(H,34,42). The van der Waals surface area contributed by atoms with Crippen LogP contribution in [0.1, 0.15) is 22.3 Å². The Hall–Kier alpha value is -4.42. The molecular formula is C30H30F3N7O2. The van der Waals surface area contributed by atoms with Crippen molar-refractivity contribution in [1.82, 2.24) is 34.9 Å². The van der Waals surface area contributed by atoms with Crippen molar-refractivity contribution >= 4 is 5.91 Å². The van der Waals surface area contributed by atoms with E-state index >= 15 is 0 Å². The van der Waals surface area contributed by atoms with Gasteiger partial charge in [0, 0.05) is 62.3 Å². The van der Waals surface area contributed by atoms with Crippen LogP contribution in [0.15, 0.2) is 65.7 Å². The first kappa shape index (κ1) is 29.1. The van der Waals surface area contributed by atoms with Crippen LogP contribution in [0.5, 0.6) is 0 Å². The molecule has 1 saturated heterocycles. The SMILES string of the molecule is CN1CCN(CCCNC(=O)c2cnc(-c3cccc(Cn4nc(-c5cc(F)c(F)c(F)c5)ccc4=O)c3)nc2)CC1. The second-order valence-electron chi connectivity index (χ2n) is 10.2. The zero-order chi connectivity index (χ0) is 29.6. The maximum absolute atomic E-state index is 13.7. The van der Waals surface area contributed by atoms with E-state index in [9.17, 15) is 22.8 Å². The summed E-state index contributed by atoms with van der Waals surface area (Å²) in [5, 5.41) is 7.13. The number of benzene rings is 2. The van der Waals surface area contributed by atoms with Crippen molar-refractivity contribution in [3.8, 4) is 22.6 Å². The Bertz CT molecular complexity index is 1600. The van der Waals surface area contributed by atoms with Crippen LogP contribution in [0.2, 0.25) is 0 Å². The van der Waals surface area contributed by atoms with E-state index in [1.165, 1.54) is 24.5 Å². The van der Waals surface area contributed by atoms with Gasteiger partial charge in [-0.25, -0.2) is 27.8 Å². The summed E-state index contributed by atoms with van der Waals surface area (Å²) < 4.78 is 42.0. The van der Waals surface area contributed by atoms with Gasteiger partial charge in [-0.3, -0.25) is 9.59 Å². The molecule has 1 amide bonds. The molecule has 1 aliphatic heterocycles. The number of hydrogen-bond acceptors (Lipinski definition) is 7. The molecule has 12 heteroatoms. The summed E-state index contributed by atoms with van der Waals surface area (Å²) in [6.07, 6.45) is 3.81. The largest absolute Gasteiger partial charge is 0.352 e. The second kappa shape index (κ2) is 13.0. The molecule has 0 radical (unpaired) electrons. The molecule has 0 bridgehead atoms. The predicted molar refractivity (Wildman–Crippen MR) is 151 cm³/mol. The lowest BCUT2D eigenvalue weighted by Crippen LogP contribution is -2.45. The highest BCUT2D eigenvalue weighted by atomic mass is 19.2. The Labute approximate surface area is 240 Å². The van der Waals surface area contributed by atoms with Crippen LogP contribution in [0.25, 0.3) is 22.6 Å². The maximum Gasteiger partial charge on any atom is 0.267 e. The molecule has 2 aromatic carbocycles. The topological polar surface area (TPSA) is 96.2 Å². The number of carbonyl (C=O) groups excluding carboxylic acids is 1. The lowest BCUT2D eigenvalue weighted by molar-refractivity contribution is 0.0948. The molecular weight excluding hydrogens is 547 g/mol. The highest BCUT2D eigenvalue weighted by molar-refractivity contribution is 5.93. The molecule has 1 aliphatic rings. The number of amides is 1. The highest BCUT2D eigenvalue weighted by Gasteiger charge is 2.15. The first-order chi connectivity index (χ1) is 20.3. The van der Waals surface area contributed by atoms with E-state index < -0.39 is 23.0 Å². The van der Waals surface area contributed by atoms with Crippen molar-refractivity contribution < 1.29 is 18.0 Å². The van der Waals surface area contributed by atoms with E-state index in [0.717, 1.165) is 56.0 Å². The van der Waals surface area contributed by atoms with Gasteiger partial charge >= 0.3 is 0 Å². The molecule has 0 spiro atoms. The minimum atomic E-state index is -1.57. The first-order valence-corrected chi connectivity index (χ1v) is 13.6. The first-order valence-electron chi connectivity index (χ1n) is 13.6. The molecule has 0 saturated carbocycles. The minimum absolute atomic E-state index is 0.00135. The molecule has 0 aliphatic carbocycles. The lowest BCUT2D eigenvalue weighted by atomic mass is 10.1. The van der Waals surface area contributed by atoms with E-state index in [4.69, 9.17) is 0 Å². The molecule has 218 valence electrons. The van der Waals surface area contributed by atoms with Gasteiger partial charge in [-0.05, 0) is 49.8 Å². The summed E-state index contributed by atoms with van der Waals surface area (Å²) in [7, 11) is 2.12. The molecule has 3 heterocycles. The van der Waals surface area contributed by atoms with E-state index in [-0.39, 0.29) is 23.7 Å². The fraction of sp³-hybridized carbons (Fsp3) is 0.300. The third-order valence-corrected chi connectivity index (χ3v) is 7.11. The summed E-state index contributed by atoms with van der Waals surface area (Å²) in [5.74, 6) is -4.10. The monoisotopic (exact) mass is 577 g/mol. The van der Waals surface area contributed by atoms with Crippen molar-refractivity contribution in [1.29, 1.82) is 0 Å². The molecule has 9 nitrogen and oxygen atoms in total. The number of likely N-dealkylation sites (N-methyl/N-ethyl adjacent to an activating group) is 1. The fourth-order valence-corrected chi connectivity index (χ4v) is 4.67. The Kier molecular flexibility index (Phi) is 9.03. The molecule has 5 rings (SSSR count). The summed E-state index contributed by atoms with van der Waals surface area (Å²) in [4.78, 5) is 38.4. The second-order valence-corrected chi connectivity index (χ2v) is 10.2. The minimum Gasteiger partial charge on any atom is -0.352 e. The Morgan fingerprint density at radius 1 is 0.929 bits per heavy atom. The lowest BCUT2D eigenvalue weighted by Gasteiger charge is -2.32. The zero-order valence-corrected chi connectivity index (χ0v) is 23.1. The number of hydrogen-bond donors (Lipinski definition) is 1. The average Bonchev–Trinajstić information content (AvgIpc) is 3.00. The van der Waals surface area contributed by atoms with Gasteiger partial charge in [0.25, 0.3) is 11.5 Å². The summed E-state index contributed by atoms with van der Waals surface area (Å²) >= 11 is 0. The van der Waals surface area contributed by atoms with E-state index in [0.29, 0.717) is 29.1 Å². The number of aromatic nitrogens is 4. The molecule has 1 fully saturated rings. The van der Waals surface area contributed by atoms with Crippen LogP contribution in [0.3, 0.4) is 0 Å². The van der Waals surface area contributed by atoms with Gasteiger partial charge in [0.05, 0.1) is 17.8 Å². The van der Waals surface area contributed by atoms with Crippen LogP contribution >= 0.6 is 0 Å². The third kappa shape index (κ3) is 7.07. The summed E-state index contributed by atoms with van der Waals surface area (Å²) in [6.45, 7) is 5.76. The van der Waals surface area contributed by atoms with Gasteiger partial charge in [0.1, 0.15) is 0 Å². The van der Waals surface area contributed by atoms with Crippen LogP contribution in [-0.4, -0.2) is 81.8 Å². The fourth-order valence-electron chi connectivity index (χ4n) is 4.67. The summed E-state index contributed by atoms with van der Waals surface area (Å²) in [5.41, 5.74) is 1.40. The van der Waals surface area contributed by atoms with E-state index in [2.05, 4.69) is 37.2 Å². The Morgan fingerprint density at radius 3 is 2.36 bits per heavy atom. The number of rotatable bonds is 9. The number of carbonyl (C=O) groups is 1. The average molecular weight is 578 g/mol. The molecule has 4 aromatic rings. The normalized spacial score (nSPS) is 14.2. The van der Waals surface area contributed by atoms with Gasteiger partial charge in [-0.1, -0.05) is 18.2 Å². The summed E-state index contributed by atoms with van der Waals surface area (Å²) in [6, 6.07) is 11.3. The Morgan fingerprint density at radius 2 is 1.64 bits per heavy atom. The van der Waals surface area contributed by atoms with Gasteiger partial charge in [-0.15, -0.1) is 0 Å². The van der Waals surface area contributed by atoms with E-state index in [1.807, 2.05) is 0 Å². The number of halogens is 3. The number of nitrogens with one attached hydrogen (secondary N) is 1. The van der Waals surface area contributed by atoms with Crippen molar-refractivity contribution in [2.24, 2.45) is 0 Å². The predicted octanol–water partition coefficient (Wildman–Crippen LogP) is 3.20. The number of piperazine rings is 1. The van der Waals surface area contributed by atoms with Crippen molar-refractivity contribution in [2.45, 2.75) is 13.0 Å². The van der Waals surface area contributed by atoms with Gasteiger partial charge in [-0.2, -0.15) is 5.10 Å². The van der Waals surface area contributed by atoms with Crippen molar-refractivity contribution in [2.75, 3.05) is 46.3 Å². The maximum atomic E-state index is 13.7. The quantitative estimate of drug-likeness (QED) is 0.241. The van der Waals surface area contributed by atoms with Crippen molar-refractivity contribution in [3.63, 3.8) is 0 Å². The smallest absolute Gasteiger partial charge is 0.267 e. The van der Waals surface area contributed by atoms with Crippen LogP contribution in [0, 0.1) is 17.5 Å². The molecule has 0 atom stereocenters. The van der Waals surface area contributed by atoms with E-state index in [1.54, 1.807) is 24.3 Å². The molecule has 2 aromatic heterocycles. The molecule has 42 heavy (non-hydrogen) atoms. The van der Waals surface area contributed by atoms with Crippen LogP contribution < -0.4 is 10.9 Å². The highest BCUT2D eigenvalue weighted by Crippen LogP contribution is 2.22. The van der Waals surface area contributed by atoms with Crippen LogP contribution in [0.4, 0.5) is 13.2 Å². The zero-order valence-electron chi connectivity index (χ0n) is 23.1. The Balaban J connectivity index is 1.21. The number of nitrogens with zero attached hydrogens (tertiary/aromatic N) is 6. The van der Waals surface area contributed by atoms with Crippen LogP contribution in [-0.2, 0) is 6.54 Å². The van der Waals surface area contributed by atoms with Crippen molar-refractivity contribution in [3.05, 3.63) is 99.9 Å². The third-order valence-electron chi connectivity index (χ3n) is 7.11. The molecule has 1 N–H and O–H groups in total. The van der Waals surface area contributed by atoms with Gasteiger partial charge < -0.3 is 15.1 Å². The molecule has 0 unspecified atom stereocenters. The van der Waals surface area contributed by atoms with Gasteiger partial charge in [0.2, 0.25) is 0 Å². The van der Waals surface area contributed by atoms with Gasteiger partial charge in [0.15, 0.2) is 23.3 Å².